The summed E-state index contributed by atoms with van der Waals surface area (Å²) < 4.78 is 33.0. The first kappa shape index (κ1) is 20.6. The molecule has 0 unspecified atom stereocenters. The number of thiophene rings is 1. The van der Waals surface area contributed by atoms with Crippen molar-refractivity contribution in [3.05, 3.63) is 44.7 Å². The van der Waals surface area contributed by atoms with Gasteiger partial charge in [-0.3, -0.25) is 4.79 Å². The van der Waals surface area contributed by atoms with E-state index in [9.17, 15) is 13.2 Å². The molecule has 1 saturated heterocycles. The maximum atomic E-state index is 12.5. The van der Waals surface area contributed by atoms with Crippen LogP contribution in [0.25, 0.3) is 0 Å². The van der Waals surface area contributed by atoms with E-state index in [-0.39, 0.29) is 19.1 Å². The highest BCUT2D eigenvalue weighted by molar-refractivity contribution is 9.10. The fraction of sp³-hybridized carbons (Fsp3) is 0.353. The van der Waals surface area contributed by atoms with Crippen LogP contribution in [0.2, 0.25) is 5.02 Å². The smallest absolute Gasteiger partial charge is 0.258 e. The number of hydrogen-bond donors (Lipinski definition) is 1. The van der Waals surface area contributed by atoms with Gasteiger partial charge < -0.3 is 10.1 Å². The Morgan fingerprint density at radius 2 is 2.00 bits per heavy atom. The van der Waals surface area contributed by atoms with Crippen LogP contribution in [0.5, 0.6) is 5.75 Å². The van der Waals surface area contributed by atoms with Crippen molar-refractivity contribution in [2.24, 2.45) is 0 Å². The molecule has 1 aromatic heterocycles. The summed E-state index contributed by atoms with van der Waals surface area (Å²) in [7, 11) is -3.41. The van der Waals surface area contributed by atoms with Crippen molar-refractivity contribution < 1.29 is 17.9 Å². The Labute approximate surface area is 175 Å². The maximum Gasteiger partial charge on any atom is 0.258 e. The van der Waals surface area contributed by atoms with Crippen LogP contribution in [0.1, 0.15) is 17.7 Å². The van der Waals surface area contributed by atoms with Crippen LogP contribution in [0.3, 0.4) is 0 Å². The molecule has 1 aromatic carbocycles. The zero-order chi connectivity index (χ0) is 19.4. The Balaban J connectivity index is 1.51. The minimum absolute atomic E-state index is 0.148. The van der Waals surface area contributed by atoms with Crippen LogP contribution < -0.4 is 10.1 Å². The van der Waals surface area contributed by atoms with E-state index in [1.807, 2.05) is 0 Å². The largest absolute Gasteiger partial charge is 0.483 e. The van der Waals surface area contributed by atoms with E-state index in [2.05, 4.69) is 21.2 Å². The first-order chi connectivity index (χ1) is 12.9. The highest BCUT2D eigenvalue weighted by Gasteiger charge is 2.28. The zero-order valence-corrected chi connectivity index (χ0v) is 18.3. The average Bonchev–Trinajstić information content (AvgIpc) is 3.31. The minimum atomic E-state index is -3.41. The van der Waals surface area contributed by atoms with Crippen LogP contribution in [-0.4, -0.2) is 38.3 Å². The number of ether oxygens (including phenoxy) is 1. The van der Waals surface area contributed by atoms with E-state index in [4.69, 9.17) is 16.3 Å². The summed E-state index contributed by atoms with van der Waals surface area (Å²) in [5.74, 6) is 0.221. The number of hydrogen-bond acceptors (Lipinski definition) is 5. The molecule has 0 radical (unpaired) electrons. The van der Waals surface area contributed by atoms with Gasteiger partial charge in [-0.25, -0.2) is 8.42 Å². The van der Waals surface area contributed by atoms with Crippen molar-refractivity contribution in [3.63, 3.8) is 0 Å². The molecule has 1 amide bonds. The summed E-state index contributed by atoms with van der Waals surface area (Å²) in [5, 5.41) is 3.30. The first-order valence-corrected chi connectivity index (χ1v) is 11.7. The molecule has 0 saturated carbocycles. The number of nitrogens with one attached hydrogen (secondary N) is 1. The fourth-order valence-electron chi connectivity index (χ4n) is 2.62. The first-order valence-electron chi connectivity index (χ1n) is 8.30. The lowest BCUT2D eigenvalue weighted by molar-refractivity contribution is -0.123. The van der Waals surface area contributed by atoms with Gasteiger partial charge in [-0.05, 0) is 59.1 Å². The number of carbonyl (C=O) groups excluding carboxylic acids is 1. The van der Waals surface area contributed by atoms with Gasteiger partial charge in [0.15, 0.2) is 6.61 Å². The summed E-state index contributed by atoms with van der Waals surface area (Å²) in [6.45, 7) is 1.25. The quantitative estimate of drug-likeness (QED) is 0.639. The topological polar surface area (TPSA) is 75.7 Å². The van der Waals surface area contributed by atoms with Gasteiger partial charge in [-0.2, -0.15) is 4.31 Å². The normalized spacial score (nSPS) is 15.0. The van der Waals surface area contributed by atoms with Crippen molar-refractivity contribution >= 4 is 54.8 Å². The summed E-state index contributed by atoms with van der Waals surface area (Å²) in [4.78, 5) is 12.8. The number of rotatable bonds is 7. The summed E-state index contributed by atoms with van der Waals surface area (Å²) >= 11 is 10.4. The molecular formula is C17H18BrClN2O4S2. The van der Waals surface area contributed by atoms with Crippen LogP contribution >= 0.6 is 38.9 Å². The summed E-state index contributed by atoms with van der Waals surface area (Å²) in [6, 6.07) is 8.36. The number of carbonyl (C=O) groups is 1. The van der Waals surface area contributed by atoms with Crippen LogP contribution in [0.4, 0.5) is 0 Å². The number of nitrogens with zero attached hydrogens (tertiary/aromatic N) is 1. The van der Waals surface area contributed by atoms with Crippen molar-refractivity contribution in [2.75, 3.05) is 19.7 Å². The van der Waals surface area contributed by atoms with E-state index >= 15 is 0 Å². The van der Waals surface area contributed by atoms with E-state index in [1.165, 1.54) is 15.6 Å². The molecule has 3 rings (SSSR count). The molecule has 1 aliphatic heterocycles. The third kappa shape index (κ3) is 5.23. The van der Waals surface area contributed by atoms with E-state index in [0.29, 0.717) is 32.5 Å². The van der Waals surface area contributed by atoms with Gasteiger partial charge in [0.1, 0.15) is 9.96 Å². The molecule has 0 bridgehead atoms. The molecule has 2 aromatic rings. The molecule has 0 atom stereocenters. The van der Waals surface area contributed by atoms with Crippen molar-refractivity contribution in [2.45, 2.75) is 23.6 Å². The zero-order valence-electron chi connectivity index (χ0n) is 14.3. The SMILES string of the molecule is O=C(COc1ccc(Cl)cc1Br)NCc1ccc(S(=O)(=O)N2CCCC2)s1. The van der Waals surface area contributed by atoms with Gasteiger partial charge in [0, 0.05) is 23.0 Å². The van der Waals surface area contributed by atoms with Crippen molar-refractivity contribution in [1.82, 2.24) is 9.62 Å². The van der Waals surface area contributed by atoms with Gasteiger partial charge in [0.05, 0.1) is 11.0 Å². The van der Waals surface area contributed by atoms with Gasteiger partial charge in [-0.15, -0.1) is 11.3 Å². The summed E-state index contributed by atoms with van der Waals surface area (Å²) in [5.41, 5.74) is 0. The fourth-order valence-corrected chi connectivity index (χ4v) is 6.38. The van der Waals surface area contributed by atoms with E-state index in [1.54, 1.807) is 30.3 Å². The van der Waals surface area contributed by atoms with Gasteiger partial charge in [0.25, 0.3) is 15.9 Å². The molecule has 10 heteroatoms. The lowest BCUT2D eigenvalue weighted by atomic mass is 10.3. The number of halogens is 2. The molecular weight excluding hydrogens is 476 g/mol. The molecule has 0 aliphatic carbocycles. The second-order valence-electron chi connectivity index (χ2n) is 5.97. The van der Waals surface area contributed by atoms with Crippen LogP contribution in [0, 0.1) is 0 Å². The van der Waals surface area contributed by atoms with Crippen molar-refractivity contribution in [1.29, 1.82) is 0 Å². The highest BCUT2D eigenvalue weighted by atomic mass is 79.9. The van der Waals surface area contributed by atoms with Crippen LogP contribution in [-0.2, 0) is 21.4 Å². The lowest BCUT2D eigenvalue weighted by Crippen LogP contribution is -2.28. The molecule has 6 nitrogen and oxygen atoms in total. The molecule has 1 aliphatic rings. The standard InChI is InChI=1S/C17H18BrClN2O4S2/c18-14-9-12(19)3-5-15(14)25-11-16(22)20-10-13-4-6-17(26-13)27(23,24)21-7-1-2-8-21/h3-6,9H,1-2,7-8,10-11H2,(H,20,22). The third-order valence-corrected chi connectivity index (χ3v) is 8.31. The second kappa shape index (κ2) is 8.91. The number of sulfonamides is 1. The second-order valence-corrected chi connectivity index (χ2v) is 10.6. The van der Waals surface area contributed by atoms with Gasteiger partial charge >= 0.3 is 0 Å². The average molecular weight is 494 g/mol. The molecule has 146 valence electrons. The van der Waals surface area contributed by atoms with Gasteiger partial charge in [-0.1, -0.05) is 11.6 Å². The molecule has 2 heterocycles. The Kier molecular flexibility index (Phi) is 6.80. The predicted molar refractivity (Wildman–Crippen MR) is 109 cm³/mol. The molecule has 1 fully saturated rings. The monoisotopic (exact) mass is 492 g/mol. The summed E-state index contributed by atoms with van der Waals surface area (Å²) in [6.07, 6.45) is 1.80. The Morgan fingerprint density at radius 1 is 1.26 bits per heavy atom. The van der Waals surface area contributed by atoms with E-state index in [0.717, 1.165) is 17.7 Å². The molecule has 1 N–H and O–H groups in total. The van der Waals surface area contributed by atoms with Crippen LogP contribution in [0.15, 0.2) is 39.0 Å². The van der Waals surface area contributed by atoms with Crippen molar-refractivity contribution in [3.8, 4) is 5.75 Å². The highest BCUT2D eigenvalue weighted by Crippen LogP contribution is 2.28. The minimum Gasteiger partial charge on any atom is -0.483 e. The molecule has 0 spiro atoms. The number of amides is 1. The predicted octanol–water partition coefficient (Wildman–Crippen LogP) is 3.64. The van der Waals surface area contributed by atoms with E-state index < -0.39 is 10.0 Å². The Morgan fingerprint density at radius 3 is 2.70 bits per heavy atom. The Bertz CT molecular complexity index is 927. The third-order valence-electron chi connectivity index (χ3n) is 4.01. The Hall–Kier alpha value is -1.13. The lowest BCUT2D eigenvalue weighted by Gasteiger charge is -2.13. The van der Waals surface area contributed by atoms with Gasteiger partial charge in [0.2, 0.25) is 0 Å². The molecule has 27 heavy (non-hydrogen) atoms. The maximum absolute atomic E-state index is 12.5. The number of benzene rings is 1.